The van der Waals surface area contributed by atoms with Crippen molar-refractivity contribution in [2.24, 2.45) is 0 Å². The summed E-state index contributed by atoms with van der Waals surface area (Å²) < 4.78 is 75.9. The summed E-state index contributed by atoms with van der Waals surface area (Å²) in [5.41, 5.74) is 1.00. The molecule has 1 unspecified atom stereocenters. The van der Waals surface area contributed by atoms with E-state index >= 15 is 4.39 Å². The second kappa shape index (κ2) is 16.0. The van der Waals surface area contributed by atoms with Gasteiger partial charge >= 0.3 is 24.2 Å². The van der Waals surface area contributed by atoms with Crippen LogP contribution in [0.4, 0.5) is 28.0 Å². The van der Waals surface area contributed by atoms with Gasteiger partial charge in [0, 0.05) is 28.3 Å². The average molecular weight is 698 g/mol. The molecule has 1 atom stereocenters. The van der Waals surface area contributed by atoms with Crippen molar-refractivity contribution in [2.75, 3.05) is 19.0 Å². The van der Waals surface area contributed by atoms with Gasteiger partial charge in [-0.3, -0.25) is 4.79 Å². The Hall–Kier alpha value is -5.54. The molecule has 0 aliphatic carbocycles. The molecule has 0 heterocycles. The summed E-state index contributed by atoms with van der Waals surface area (Å²) in [6.45, 7) is 3.31. The summed E-state index contributed by atoms with van der Waals surface area (Å²) in [6.07, 6.45) is -7.81. The highest BCUT2D eigenvalue weighted by atomic mass is 35.5. The number of rotatable bonds is 9. The highest BCUT2D eigenvalue weighted by Crippen LogP contribution is 2.36. The first-order chi connectivity index (χ1) is 23.3. The summed E-state index contributed by atoms with van der Waals surface area (Å²) in [5.74, 6) is 1.70. The standard InChI is InChI=1S/C36H28ClF4NO7/c1-4-47-35(45)49-32(24-11-10-21(2)27(17-24)33(43)46-3)15-12-23-16-28(29(37)19-31(23)42-34(44)36(39,40)41)26-14-13-25(18-30(26)38)48-20-22-8-6-5-7-9-22/h5-11,13-14,16-19,32H,4,20H2,1-3H3,(H,42,44). The number of ether oxygens (including phenoxy) is 4. The maximum absolute atomic E-state index is 15.5. The van der Waals surface area contributed by atoms with Gasteiger partial charge in [-0.05, 0) is 61.2 Å². The minimum Gasteiger partial charge on any atom is -0.489 e. The van der Waals surface area contributed by atoms with E-state index in [0.717, 1.165) is 17.7 Å². The Morgan fingerprint density at radius 3 is 2.35 bits per heavy atom. The fourth-order valence-corrected chi connectivity index (χ4v) is 4.69. The van der Waals surface area contributed by atoms with E-state index in [1.54, 1.807) is 18.3 Å². The Kier molecular flexibility index (Phi) is 11.9. The van der Waals surface area contributed by atoms with Gasteiger partial charge in [-0.1, -0.05) is 60.0 Å². The molecule has 0 aliphatic rings. The number of alkyl halides is 3. The molecule has 254 valence electrons. The molecule has 13 heteroatoms. The second-order valence-corrected chi connectivity index (χ2v) is 10.7. The molecule has 49 heavy (non-hydrogen) atoms. The molecular formula is C36H28ClF4NO7. The molecule has 4 rings (SSSR count). The molecule has 0 saturated carbocycles. The van der Waals surface area contributed by atoms with Crippen LogP contribution in [0, 0.1) is 24.6 Å². The van der Waals surface area contributed by atoms with E-state index in [4.69, 9.17) is 30.5 Å². The van der Waals surface area contributed by atoms with Gasteiger partial charge in [0.15, 0.2) is 6.10 Å². The third kappa shape index (κ3) is 9.52. The Morgan fingerprint density at radius 2 is 1.69 bits per heavy atom. The first-order valence-corrected chi connectivity index (χ1v) is 14.9. The average Bonchev–Trinajstić information content (AvgIpc) is 3.06. The summed E-state index contributed by atoms with van der Waals surface area (Å²) in [5, 5.41) is 1.52. The first kappa shape index (κ1) is 36.3. The number of methoxy groups -OCH3 is 1. The number of hydrogen-bond acceptors (Lipinski definition) is 7. The topological polar surface area (TPSA) is 100 Å². The molecule has 1 amide bonds. The number of esters is 1. The summed E-state index contributed by atoms with van der Waals surface area (Å²) in [7, 11) is 1.18. The zero-order valence-electron chi connectivity index (χ0n) is 26.2. The minimum atomic E-state index is -5.26. The number of carbonyl (C=O) groups excluding carboxylic acids is 3. The minimum absolute atomic E-state index is 0.0225. The van der Waals surface area contributed by atoms with Crippen LogP contribution >= 0.6 is 11.6 Å². The Balaban J connectivity index is 1.79. The molecule has 8 nitrogen and oxygen atoms in total. The first-order valence-electron chi connectivity index (χ1n) is 14.5. The predicted molar refractivity (Wildman–Crippen MR) is 173 cm³/mol. The summed E-state index contributed by atoms with van der Waals surface area (Å²) >= 11 is 6.42. The van der Waals surface area contributed by atoms with E-state index in [1.165, 1.54) is 44.4 Å². The van der Waals surface area contributed by atoms with Crippen LogP contribution in [0.25, 0.3) is 11.1 Å². The molecule has 0 aromatic heterocycles. The lowest BCUT2D eigenvalue weighted by molar-refractivity contribution is -0.167. The van der Waals surface area contributed by atoms with Crippen LogP contribution < -0.4 is 10.1 Å². The SMILES string of the molecule is CCOC(=O)OC(C#Cc1cc(-c2ccc(OCc3ccccc3)cc2F)c(Cl)cc1NC(=O)C(F)(F)F)c1ccc(C)c(C(=O)OC)c1. The molecule has 0 radical (unpaired) electrons. The van der Waals surface area contributed by atoms with E-state index < -0.39 is 41.8 Å². The molecule has 0 saturated heterocycles. The van der Waals surface area contributed by atoms with Gasteiger partial charge in [-0.25, -0.2) is 14.0 Å². The number of halogens is 5. The van der Waals surface area contributed by atoms with Crippen LogP contribution in [0.15, 0.2) is 78.9 Å². The largest absolute Gasteiger partial charge is 0.509 e. The van der Waals surface area contributed by atoms with Crippen molar-refractivity contribution < 1.29 is 50.9 Å². The molecule has 0 bridgehead atoms. The Bertz CT molecular complexity index is 1920. The van der Waals surface area contributed by atoms with E-state index in [9.17, 15) is 27.6 Å². The predicted octanol–water partition coefficient (Wildman–Crippen LogP) is 8.59. The van der Waals surface area contributed by atoms with Crippen molar-refractivity contribution in [1.29, 1.82) is 0 Å². The molecule has 1 N–H and O–H groups in total. The number of hydrogen-bond donors (Lipinski definition) is 1. The highest BCUT2D eigenvalue weighted by Gasteiger charge is 2.39. The maximum atomic E-state index is 15.5. The van der Waals surface area contributed by atoms with Crippen molar-refractivity contribution in [3.63, 3.8) is 0 Å². The van der Waals surface area contributed by atoms with Gasteiger partial charge in [-0.15, -0.1) is 0 Å². The Labute approximate surface area is 283 Å². The zero-order chi connectivity index (χ0) is 35.7. The maximum Gasteiger partial charge on any atom is 0.509 e. The molecule has 4 aromatic carbocycles. The third-order valence-corrected chi connectivity index (χ3v) is 7.19. The smallest absolute Gasteiger partial charge is 0.489 e. The van der Waals surface area contributed by atoms with E-state index in [-0.39, 0.29) is 51.8 Å². The molecule has 0 fully saturated rings. The normalized spacial score (nSPS) is 11.4. The van der Waals surface area contributed by atoms with Crippen LogP contribution in [0.5, 0.6) is 5.75 Å². The lowest BCUT2D eigenvalue weighted by Gasteiger charge is -2.16. The molecule has 4 aromatic rings. The third-order valence-electron chi connectivity index (χ3n) is 6.88. The quantitative estimate of drug-likeness (QED) is 0.106. The van der Waals surface area contributed by atoms with Gasteiger partial charge < -0.3 is 24.3 Å². The fourth-order valence-electron chi connectivity index (χ4n) is 4.43. The van der Waals surface area contributed by atoms with Gasteiger partial charge in [-0.2, -0.15) is 13.2 Å². The van der Waals surface area contributed by atoms with E-state index in [0.29, 0.717) is 5.56 Å². The van der Waals surface area contributed by atoms with Crippen molar-refractivity contribution in [1.82, 2.24) is 0 Å². The second-order valence-electron chi connectivity index (χ2n) is 10.3. The van der Waals surface area contributed by atoms with Gasteiger partial charge in [0.1, 0.15) is 18.2 Å². The summed E-state index contributed by atoms with van der Waals surface area (Å²) in [6, 6.07) is 19.8. The van der Waals surface area contributed by atoms with Gasteiger partial charge in [0.25, 0.3) is 0 Å². The highest BCUT2D eigenvalue weighted by molar-refractivity contribution is 6.33. The number of anilines is 1. The number of benzene rings is 4. The van der Waals surface area contributed by atoms with E-state index in [2.05, 4.69) is 11.8 Å². The monoisotopic (exact) mass is 697 g/mol. The van der Waals surface area contributed by atoms with Crippen LogP contribution in [0.3, 0.4) is 0 Å². The van der Waals surface area contributed by atoms with Crippen LogP contribution in [0.1, 0.15) is 45.6 Å². The Morgan fingerprint density at radius 1 is 0.959 bits per heavy atom. The van der Waals surface area contributed by atoms with Crippen LogP contribution in [-0.2, 0) is 25.6 Å². The molecule has 0 spiro atoms. The lowest BCUT2D eigenvalue weighted by atomic mass is 9.99. The number of carbonyl (C=O) groups is 3. The van der Waals surface area contributed by atoms with E-state index in [1.807, 2.05) is 30.3 Å². The van der Waals surface area contributed by atoms with Crippen molar-refractivity contribution in [3.8, 4) is 28.7 Å². The number of aryl methyl sites for hydroxylation is 1. The van der Waals surface area contributed by atoms with Gasteiger partial charge in [0.05, 0.1) is 30.0 Å². The van der Waals surface area contributed by atoms with Gasteiger partial charge in [0.2, 0.25) is 0 Å². The number of nitrogens with one attached hydrogen (secondary N) is 1. The van der Waals surface area contributed by atoms with Crippen molar-refractivity contribution in [3.05, 3.63) is 118 Å². The zero-order valence-corrected chi connectivity index (χ0v) is 27.0. The molecule has 0 aliphatic heterocycles. The van der Waals surface area contributed by atoms with Crippen LogP contribution in [-0.4, -0.2) is 37.9 Å². The summed E-state index contributed by atoms with van der Waals surface area (Å²) in [4.78, 5) is 36.6. The van der Waals surface area contributed by atoms with Crippen LogP contribution in [0.2, 0.25) is 5.02 Å². The lowest BCUT2D eigenvalue weighted by Crippen LogP contribution is -2.30. The fraction of sp³-hybridized carbons (Fsp3) is 0.194. The van der Waals surface area contributed by atoms with Crippen molar-refractivity contribution in [2.45, 2.75) is 32.7 Å². The number of amides is 1. The molecular weight excluding hydrogens is 670 g/mol. The van der Waals surface area contributed by atoms with Crippen molar-refractivity contribution >= 4 is 35.3 Å².